The van der Waals surface area contributed by atoms with Gasteiger partial charge in [-0.05, 0) is 25.0 Å². The van der Waals surface area contributed by atoms with Crippen LogP contribution in [0, 0.1) is 6.92 Å². The number of rotatable bonds is 3. The molecule has 1 N–H and O–H groups in total. The van der Waals surface area contributed by atoms with Crippen molar-refractivity contribution in [3.8, 4) is 0 Å². The number of aromatic nitrogens is 4. The number of aryl methyl sites for hydroxylation is 3. The largest absolute Gasteiger partial charge is 0.337 e. The van der Waals surface area contributed by atoms with Gasteiger partial charge in [-0.15, -0.1) is 0 Å². The van der Waals surface area contributed by atoms with Crippen LogP contribution in [0.1, 0.15) is 29.4 Å². The zero-order valence-corrected chi connectivity index (χ0v) is 17.7. The molecule has 0 unspecified atom stereocenters. The van der Waals surface area contributed by atoms with Crippen LogP contribution in [-0.2, 0) is 34.3 Å². The first-order chi connectivity index (χ1) is 14.3. The summed E-state index contributed by atoms with van der Waals surface area (Å²) in [6.07, 6.45) is 5.29. The number of nitrogens with zero attached hydrogens (tertiary/aromatic N) is 5. The van der Waals surface area contributed by atoms with E-state index >= 15 is 0 Å². The van der Waals surface area contributed by atoms with Crippen molar-refractivity contribution in [2.75, 3.05) is 11.9 Å². The minimum atomic E-state index is -3.94. The second-order valence-corrected chi connectivity index (χ2v) is 9.70. The lowest BCUT2D eigenvalue weighted by Gasteiger charge is -2.33. The van der Waals surface area contributed by atoms with Crippen LogP contribution in [0.4, 0.5) is 5.69 Å². The Hall–Kier alpha value is -2.98. The maximum absolute atomic E-state index is 13.8. The molecule has 2 aliphatic heterocycles. The van der Waals surface area contributed by atoms with Gasteiger partial charge in [0.1, 0.15) is 17.3 Å². The average molecular weight is 427 g/mol. The number of carbonyl (C=O) groups excluding carboxylic acids is 1. The molecule has 4 heterocycles. The van der Waals surface area contributed by atoms with Crippen molar-refractivity contribution in [1.82, 2.24) is 23.6 Å². The van der Waals surface area contributed by atoms with Gasteiger partial charge in [0.2, 0.25) is 5.91 Å². The summed E-state index contributed by atoms with van der Waals surface area (Å²) in [6.45, 7) is 1.92. The van der Waals surface area contributed by atoms with Gasteiger partial charge in [-0.25, -0.2) is 13.4 Å². The van der Waals surface area contributed by atoms with E-state index in [2.05, 4.69) is 15.4 Å². The monoisotopic (exact) mass is 426 g/mol. The lowest BCUT2D eigenvalue weighted by Crippen LogP contribution is -2.44. The van der Waals surface area contributed by atoms with Crippen molar-refractivity contribution in [3.05, 3.63) is 59.8 Å². The van der Waals surface area contributed by atoms with Crippen LogP contribution in [0.25, 0.3) is 0 Å². The molecular weight excluding hydrogens is 404 g/mol. The number of fused-ring (bicyclic) bond motifs is 2. The van der Waals surface area contributed by atoms with E-state index in [0.717, 1.165) is 11.3 Å². The summed E-state index contributed by atoms with van der Waals surface area (Å²) >= 11 is 0. The molecule has 156 valence electrons. The lowest BCUT2D eigenvalue weighted by atomic mass is 9.75. The van der Waals surface area contributed by atoms with Gasteiger partial charge in [0.15, 0.2) is 5.03 Å². The molecule has 0 saturated carbocycles. The summed E-state index contributed by atoms with van der Waals surface area (Å²) in [4.78, 5) is 17.8. The van der Waals surface area contributed by atoms with Crippen molar-refractivity contribution >= 4 is 21.6 Å². The van der Waals surface area contributed by atoms with Gasteiger partial charge >= 0.3 is 0 Å². The topological polar surface area (TPSA) is 102 Å². The maximum atomic E-state index is 13.8. The molecule has 1 spiro atoms. The zero-order valence-electron chi connectivity index (χ0n) is 16.9. The fourth-order valence-corrected chi connectivity index (χ4v) is 6.87. The molecule has 3 aromatic rings. The predicted molar refractivity (Wildman–Crippen MR) is 109 cm³/mol. The van der Waals surface area contributed by atoms with E-state index in [4.69, 9.17) is 0 Å². The van der Waals surface area contributed by atoms with E-state index < -0.39 is 21.5 Å². The third-order valence-electron chi connectivity index (χ3n) is 6.25. The highest BCUT2D eigenvalue weighted by Crippen LogP contribution is 2.55. The highest BCUT2D eigenvalue weighted by Gasteiger charge is 2.62. The Morgan fingerprint density at radius 3 is 2.67 bits per heavy atom. The Morgan fingerprint density at radius 1 is 1.23 bits per heavy atom. The number of nitrogens with one attached hydrogen (secondary N) is 1. The fourth-order valence-electron chi connectivity index (χ4n) is 4.92. The number of amides is 1. The van der Waals surface area contributed by atoms with E-state index in [1.165, 1.54) is 15.2 Å². The number of sulfonamides is 1. The smallest absolute Gasteiger partial charge is 0.261 e. The van der Waals surface area contributed by atoms with Gasteiger partial charge in [-0.3, -0.25) is 9.48 Å². The van der Waals surface area contributed by atoms with E-state index in [0.29, 0.717) is 17.8 Å². The molecule has 1 aromatic carbocycles. The van der Waals surface area contributed by atoms with Crippen LogP contribution in [0.3, 0.4) is 0 Å². The van der Waals surface area contributed by atoms with E-state index in [9.17, 15) is 13.2 Å². The minimum Gasteiger partial charge on any atom is -0.337 e. The van der Waals surface area contributed by atoms with Crippen molar-refractivity contribution in [2.45, 2.75) is 29.8 Å². The van der Waals surface area contributed by atoms with Crippen LogP contribution >= 0.6 is 0 Å². The van der Waals surface area contributed by atoms with Gasteiger partial charge in [0.25, 0.3) is 10.0 Å². The molecule has 2 aliphatic rings. The highest BCUT2D eigenvalue weighted by atomic mass is 32.2. The molecular formula is C20H22N6O3S. The lowest BCUT2D eigenvalue weighted by molar-refractivity contribution is -0.121. The van der Waals surface area contributed by atoms with Crippen molar-refractivity contribution in [2.24, 2.45) is 14.1 Å². The zero-order chi connectivity index (χ0) is 21.3. The third-order valence-corrected chi connectivity index (χ3v) is 8.34. The molecule has 0 bridgehead atoms. The molecule has 2 aromatic heterocycles. The summed E-state index contributed by atoms with van der Waals surface area (Å²) in [7, 11) is -0.515. The number of para-hydroxylation sites is 1. The Bertz CT molecular complexity index is 1260. The molecule has 1 amide bonds. The molecule has 10 heteroatoms. The van der Waals surface area contributed by atoms with Crippen molar-refractivity contribution in [1.29, 1.82) is 0 Å². The van der Waals surface area contributed by atoms with Gasteiger partial charge in [-0.1, -0.05) is 18.2 Å². The number of benzene rings is 1. The van der Waals surface area contributed by atoms with E-state index in [1.807, 2.05) is 31.3 Å². The minimum absolute atomic E-state index is 0.130. The van der Waals surface area contributed by atoms with Crippen LogP contribution < -0.4 is 5.32 Å². The normalized spacial score (nSPS) is 23.8. The molecule has 5 rings (SSSR count). The summed E-state index contributed by atoms with van der Waals surface area (Å²) in [5.41, 5.74) is 1.04. The molecule has 0 aliphatic carbocycles. The van der Waals surface area contributed by atoms with Gasteiger partial charge < -0.3 is 9.88 Å². The van der Waals surface area contributed by atoms with E-state index in [-0.39, 0.29) is 17.5 Å². The summed E-state index contributed by atoms with van der Waals surface area (Å²) in [6, 6.07) is 6.70. The summed E-state index contributed by atoms with van der Waals surface area (Å²) < 4.78 is 32.2. The molecule has 9 nitrogen and oxygen atoms in total. The Balaban J connectivity index is 1.76. The first kappa shape index (κ1) is 19.0. The van der Waals surface area contributed by atoms with Crippen LogP contribution in [0.15, 0.2) is 47.9 Å². The Kier molecular flexibility index (Phi) is 3.97. The third kappa shape index (κ3) is 2.31. The average Bonchev–Trinajstić information content (AvgIpc) is 3.44. The Morgan fingerprint density at radius 2 is 2.00 bits per heavy atom. The summed E-state index contributed by atoms with van der Waals surface area (Å²) in [5.74, 6) is 0.332. The maximum Gasteiger partial charge on any atom is 0.261 e. The highest BCUT2D eigenvalue weighted by molar-refractivity contribution is 7.89. The molecule has 1 saturated heterocycles. The molecule has 1 fully saturated rings. The quantitative estimate of drug-likeness (QED) is 0.684. The van der Waals surface area contributed by atoms with E-state index in [1.54, 1.807) is 30.9 Å². The summed E-state index contributed by atoms with van der Waals surface area (Å²) in [5, 5.41) is 7.20. The number of carbonyl (C=O) groups is 1. The van der Waals surface area contributed by atoms with Crippen LogP contribution in [0.5, 0.6) is 0 Å². The van der Waals surface area contributed by atoms with Crippen LogP contribution in [0.2, 0.25) is 0 Å². The number of imidazole rings is 1. The molecule has 0 radical (unpaired) electrons. The molecule has 2 atom stereocenters. The van der Waals surface area contributed by atoms with Crippen molar-refractivity contribution < 1.29 is 13.2 Å². The SMILES string of the molecule is Cc1cnn(C)c1S(=O)(=O)N1CC[C@]2(C(=O)Nc3ccccc32)[C@@H]1c1nccn1C. The standard InChI is InChI=1S/C20H22N6O3S/c1-13-12-22-25(3)18(13)30(28,29)26-10-8-20(16(26)17-21-9-11-24(17)2)14-6-4-5-7-15(14)23-19(20)27/h4-7,9,11-12,16H,8,10H2,1-3H3,(H,23,27)/t16-,20+/m0/s1. The molecule has 30 heavy (non-hydrogen) atoms. The first-order valence-corrected chi connectivity index (χ1v) is 11.1. The van der Waals surface area contributed by atoms with Gasteiger partial charge in [-0.2, -0.15) is 9.40 Å². The number of hydrogen-bond acceptors (Lipinski definition) is 5. The number of hydrogen-bond donors (Lipinski definition) is 1. The second-order valence-electron chi connectivity index (χ2n) is 7.89. The second kappa shape index (κ2) is 6.26. The number of anilines is 1. The first-order valence-electron chi connectivity index (χ1n) is 9.67. The van der Waals surface area contributed by atoms with Crippen molar-refractivity contribution in [3.63, 3.8) is 0 Å². The predicted octanol–water partition coefficient (Wildman–Crippen LogP) is 1.49. The Labute approximate surface area is 174 Å². The van der Waals surface area contributed by atoms with Gasteiger partial charge in [0.05, 0.1) is 6.20 Å². The van der Waals surface area contributed by atoms with Gasteiger partial charge in [0, 0.05) is 44.3 Å². The fraction of sp³-hybridized carbons (Fsp3) is 0.350. The van der Waals surface area contributed by atoms with Crippen LogP contribution in [-0.4, -0.2) is 44.5 Å².